The fraction of sp³-hybridized carbons (Fsp3) is 0.323. The Morgan fingerprint density at radius 2 is 1.92 bits per heavy atom. The van der Waals surface area contributed by atoms with Crippen molar-refractivity contribution in [2.45, 2.75) is 46.5 Å². The predicted octanol–water partition coefficient (Wildman–Crippen LogP) is 8.20. The molecule has 0 bridgehead atoms. The first-order chi connectivity index (χ1) is 18.2. The maximum absolute atomic E-state index is 13.8. The molecule has 0 aliphatic heterocycles. The summed E-state index contributed by atoms with van der Waals surface area (Å²) in [7, 11) is 1.38. The maximum atomic E-state index is 13.8. The number of esters is 1. The van der Waals surface area contributed by atoms with Crippen LogP contribution in [0.1, 0.15) is 64.8 Å². The second-order valence-corrected chi connectivity index (χ2v) is 12.1. The minimum absolute atomic E-state index is 0.208. The summed E-state index contributed by atoms with van der Waals surface area (Å²) in [6.07, 6.45) is 3.79. The van der Waals surface area contributed by atoms with Crippen molar-refractivity contribution in [1.82, 2.24) is 4.98 Å². The Morgan fingerprint density at radius 3 is 2.63 bits per heavy atom. The van der Waals surface area contributed by atoms with Gasteiger partial charge in [-0.05, 0) is 60.4 Å². The number of rotatable bonds is 6. The third-order valence-electron chi connectivity index (χ3n) is 7.98. The number of thiophene rings is 1. The van der Waals surface area contributed by atoms with Gasteiger partial charge >= 0.3 is 5.97 Å². The van der Waals surface area contributed by atoms with Crippen molar-refractivity contribution >= 4 is 50.7 Å². The summed E-state index contributed by atoms with van der Waals surface area (Å²) in [4.78, 5) is 32.7. The maximum Gasteiger partial charge on any atom is 0.341 e. The molecule has 1 aliphatic carbocycles. The fourth-order valence-corrected chi connectivity index (χ4v) is 6.74. The number of carbonyl (C=O) groups excluding carboxylic acids is 2. The van der Waals surface area contributed by atoms with Crippen molar-refractivity contribution < 1.29 is 14.3 Å². The highest BCUT2D eigenvalue weighted by molar-refractivity contribution is 7.17. The number of amides is 1. The Kier molecular flexibility index (Phi) is 7.30. The number of benzene rings is 2. The zero-order chi connectivity index (χ0) is 27.0. The van der Waals surface area contributed by atoms with Gasteiger partial charge in [-0.25, -0.2) is 9.78 Å². The standard InChI is InChI=1S/C31H31ClN2O3S/c1-5-31(2,3)19-11-13-21-26(15-19)38-29(27(21)30(36)37-4)34-28(35)23-17-25(18-9-7-6-8-10-18)33-24-14-12-20(32)16-22(23)24/h6-10,12,14,16-17,19H,5,11,13,15H2,1-4H3,(H,34,35). The second kappa shape index (κ2) is 10.5. The summed E-state index contributed by atoms with van der Waals surface area (Å²) >= 11 is 7.80. The largest absolute Gasteiger partial charge is 0.465 e. The minimum atomic E-state index is -0.418. The zero-order valence-electron chi connectivity index (χ0n) is 22.1. The molecule has 0 fully saturated rings. The molecular formula is C31H31ClN2O3S. The molecule has 0 saturated carbocycles. The highest BCUT2D eigenvalue weighted by Crippen LogP contribution is 2.46. The number of ether oxygens (including phenoxy) is 1. The molecule has 0 radical (unpaired) electrons. The number of nitrogens with one attached hydrogen (secondary N) is 1. The molecule has 5 rings (SSSR count). The van der Waals surface area contributed by atoms with Crippen molar-refractivity contribution in [2.75, 3.05) is 12.4 Å². The number of hydrogen-bond donors (Lipinski definition) is 1. The molecule has 0 saturated heterocycles. The summed E-state index contributed by atoms with van der Waals surface area (Å²) in [5, 5.41) is 4.78. The Hall–Kier alpha value is -3.22. The van der Waals surface area contributed by atoms with Crippen LogP contribution in [0, 0.1) is 11.3 Å². The summed E-state index contributed by atoms with van der Waals surface area (Å²) in [5.41, 5.74) is 4.41. The number of halogens is 1. The van der Waals surface area contributed by atoms with Gasteiger partial charge in [0.15, 0.2) is 0 Å². The van der Waals surface area contributed by atoms with Crippen molar-refractivity contribution in [3.8, 4) is 11.3 Å². The van der Waals surface area contributed by atoms with Gasteiger partial charge in [0.25, 0.3) is 5.91 Å². The quantitative estimate of drug-likeness (QED) is 0.247. The zero-order valence-corrected chi connectivity index (χ0v) is 23.6. The Bertz CT molecular complexity index is 1530. The van der Waals surface area contributed by atoms with Gasteiger partial charge in [0, 0.05) is 20.8 Å². The number of hydrogen-bond acceptors (Lipinski definition) is 5. The molecule has 1 unspecified atom stereocenters. The third kappa shape index (κ3) is 4.95. The van der Waals surface area contributed by atoms with Gasteiger partial charge in [0.2, 0.25) is 0 Å². The van der Waals surface area contributed by atoms with Gasteiger partial charge in [-0.2, -0.15) is 0 Å². The molecule has 1 atom stereocenters. The lowest BCUT2D eigenvalue weighted by atomic mass is 9.69. The highest BCUT2D eigenvalue weighted by Gasteiger charge is 2.35. The minimum Gasteiger partial charge on any atom is -0.465 e. The second-order valence-electron chi connectivity index (χ2n) is 10.5. The fourth-order valence-electron chi connectivity index (χ4n) is 5.26. The van der Waals surface area contributed by atoms with E-state index in [0.717, 1.165) is 41.7 Å². The molecule has 38 heavy (non-hydrogen) atoms. The van der Waals surface area contributed by atoms with Gasteiger partial charge in [0.1, 0.15) is 5.00 Å². The van der Waals surface area contributed by atoms with Crippen LogP contribution in [0.3, 0.4) is 0 Å². The third-order valence-corrected chi connectivity index (χ3v) is 9.39. The van der Waals surface area contributed by atoms with Crippen molar-refractivity contribution in [3.05, 3.63) is 81.2 Å². The number of fused-ring (bicyclic) bond motifs is 2. The summed E-state index contributed by atoms with van der Waals surface area (Å²) in [6.45, 7) is 6.85. The molecule has 7 heteroatoms. The predicted molar refractivity (Wildman–Crippen MR) is 155 cm³/mol. The number of carbonyl (C=O) groups is 2. The molecule has 2 aromatic heterocycles. The van der Waals surface area contributed by atoms with Crippen LogP contribution < -0.4 is 5.32 Å². The van der Waals surface area contributed by atoms with Crippen LogP contribution in [0.5, 0.6) is 0 Å². The lowest BCUT2D eigenvalue weighted by Crippen LogP contribution is -2.28. The first-order valence-corrected chi connectivity index (χ1v) is 14.1. The van der Waals surface area contributed by atoms with Gasteiger partial charge in [-0.3, -0.25) is 4.79 Å². The Balaban J connectivity index is 1.57. The van der Waals surface area contributed by atoms with Gasteiger partial charge in [-0.1, -0.05) is 69.1 Å². The van der Waals surface area contributed by atoms with E-state index in [1.54, 1.807) is 18.2 Å². The molecule has 196 valence electrons. The molecule has 4 aromatic rings. The summed E-state index contributed by atoms with van der Waals surface area (Å²) in [6, 6.07) is 16.9. The van der Waals surface area contributed by atoms with Crippen LogP contribution >= 0.6 is 22.9 Å². The molecule has 2 heterocycles. The van der Waals surface area contributed by atoms with Crippen LogP contribution in [-0.4, -0.2) is 24.0 Å². The van der Waals surface area contributed by atoms with Crippen molar-refractivity contribution in [3.63, 3.8) is 0 Å². The number of methoxy groups -OCH3 is 1. The SMILES string of the molecule is CCC(C)(C)C1CCc2c(sc(NC(=O)c3cc(-c4ccccc4)nc4ccc(Cl)cc34)c2C(=O)OC)C1. The topological polar surface area (TPSA) is 68.3 Å². The monoisotopic (exact) mass is 546 g/mol. The lowest BCUT2D eigenvalue weighted by molar-refractivity contribution is 0.0600. The van der Waals surface area contributed by atoms with E-state index in [-0.39, 0.29) is 11.3 Å². The number of anilines is 1. The van der Waals surface area contributed by atoms with Crippen LogP contribution in [0.25, 0.3) is 22.2 Å². The van der Waals surface area contributed by atoms with Crippen molar-refractivity contribution in [1.29, 1.82) is 0 Å². The molecule has 1 aliphatic rings. The Morgan fingerprint density at radius 1 is 1.16 bits per heavy atom. The van der Waals surface area contributed by atoms with E-state index in [9.17, 15) is 9.59 Å². The van der Waals surface area contributed by atoms with Crippen LogP contribution in [-0.2, 0) is 17.6 Å². The van der Waals surface area contributed by atoms with Gasteiger partial charge in [0.05, 0.1) is 29.4 Å². The average Bonchev–Trinajstić information content (AvgIpc) is 3.29. The lowest BCUT2D eigenvalue weighted by Gasteiger charge is -2.36. The molecule has 5 nitrogen and oxygen atoms in total. The first-order valence-electron chi connectivity index (χ1n) is 12.9. The molecule has 1 amide bonds. The molecule has 1 N–H and O–H groups in total. The highest BCUT2D eigenvalue weighted by atomic mass is 35.5. The first kappa shape index (κ1) is 26.4. The summed E-state index contributed by atoms with van der Waals surface area (Å²) in [5.74, 6) is -0.211. The van der Waals surface area contributed by atoms with E-state index in [1.807, 2.05) is 36.4 Å². The van der Waals surface area contributed by atoms with E-state index in [2.05, 4.69) is 26.1 Å². The number of pyridine rings is 1. The van der Waals surface area contributed by atoms with Gasteiger partial charge in [-0.15, -0.1) is 11.3 Å². The van der Waals surface area contributed by atoms with Crippen molar-refractivity contribution in [2.24, 2.45) is 11.3 Å². The average molecular weight is 547 g/mol. The normalized spacial score (nSPS) is 15.2. The Labute approximate surface area is 232 Å². The van der Waals surface area contributed by atoms with E-state index >= 15 is 0 Å². The van der Waals surface area contributed by atoms with E-state index in [1.165, 1.54) is 18.4 Å². The number of nitrogens with zero attached hydrogens (tertiary/aromatic N) is 1. The van der Waals surface area contributed by atoms with Crippen LogP contribution in [0.2, 0.25) is 5.02 Å². The molecular weight excluding hydrogens is 516 g/mol. The van der Waals surface area contributed by atoms with E-state index in [4.69, 9.17) is 21.3 Å². The molecule has 0 spiro atoms. The molecule has 2 aromatic carbocycles. The smallest absolute Gasteiger partial charge is 0.341 e. The van der Waals surface area contributed by atoms with E-state index < -0.39 is 5.97 Å². The number of aromatic nitrogens is 1. The van der Waals surface area contributed by atoms with Crippen LogP contribution in [0.4, 0.5) is 5.00 Å². The van der Waals surface area contributed by atoms with Crippen LogP contribution in [0.15, 0.2) is 54.6 Å². The summed E-state index contributed by atoms with van der Waals surface area (Å²) < 4.78 is 5.16. The van der Waals surface area contributed by atoms with Gasteiger partial charge < -0.3 is 10.1 Å². The van der Waals surface area contributed by atoms with E-state index in [0.29, 0.717) is 43.7 Å².